The van der Waals surface area contributed by atoms with Crippen molar-refractivity contribution < 1.29 is 18.0 Å². The molecule has 0 saturated carbocycles. The molecular weight excluding hydrogens is 342 g/mol. The number of aromatic nitrogens is 1. The predicted octanol–water partition coefficient (Wildman–Crippen LogP) is 1.68. The molecule has 0 fully saturated rings. The van der Waals surface area contributed by atoms with Crippen molar-refractivity contribution >= 4 is 27.4 Å². The van der Waals surface area contributed by atoms with Crippen LogP contribution in [-0.2, 0) is 21.4 Å². The molecule has 0 aliphatic rings. The molecule has 0 spiro atoms. The van der Waals surface area contributed by atoms with Crippen LogP contribution in [0.3, 0.4) is 0 Å². The van der Waals surface area contributed by atoms with Gasteiger partial charge in [0, 0.05) is 30.2 Å². The summed E-state index contributed by atoms with van der Waals surface area (Å²) in [6, 6.07) is 9.83. The molecule has 0 aliphatic heterocycles. The maximum Gasteiger partial charge on any atom is 0.239 e. The lowest BCUT2D eigenvalue weighted by Crippen LogP contribution is -2.36. The van der Waals surface area contributed by atoms with E-state index in [4.69, 9.17) is 0 Å². The van der Waals surface area contributed by atoms with Crippen molar-refractivity contribution in [2.45, 2.75) is 13.5 Å². The Labute approximate surface area is 146 Å². The van der Waals surface area contributed by atoms with Crippen molar-refractivity contribution in [3.05, 3.63) is 59.9 Å². The standard InChI is InChI=1S/C17H19N3O4S/c1-13(21)15-5-7-16(8-6-15)19-17(22)12-20(25(2,23)24)11-14-4-3-9-18-10-14/h3-10H,11-12H2,1-2H3,(H,19,22). The van der Waals surface area contributed by atoms with E-state index in [0.29, 0.717) is 16.8 Å². The lowest BCUT2D eigenvalue weighted by atomic mass is 10.1. The molecule has 0 bridgehead atoms. The first-order valence-corrected chi connectivity index (χ1v) is 9.35. The van der Waals surface area contributed by atoms with E-state index in [2.05, 4.69) is 10.3 Å². The maximum atomic E-state index is 12.2. The second-order valence-corrected chi connectivity index (χ2v) is 7.56. The van der Waals surface area contributed by atoms with Gasteiger partial charge in [-0.3, -0.25) is 14.6 Å². The Bertz CT molecular complexity index is 849. The van der Waals surface area contributed by atoms with Crippen molar-refractivity contribution in [1.29, 1.82) is 0 Å². The molecule has 7 nitrogen and oxygen atoms in total. The summed E-state index contributed by atoms with van der Waals surface area (Å²) >= 11 is 0. The van der Waals surface area contributed by atoms with E-state index in [-0.39, 0.29) is 18.9 Å². The Morgan fingerprint density at radius 1 is 1.16 bits per heavy atom. The number of hydrogen-bond acceptors (Lipinski definition) is 5. The number of anilines is 1. The zero-order valence-electron chi connectivity index (χ0n) is 14.0. The van der Waals surface area contributed by atoms with Gasteiger partial charge in [0.25, 0.3) is 0 Å². The highest BCUT2D eigenvalue weighted by Gasteiger charge is 2.20. The van der Waals surface area contributed by atoms with Crippen molar-refractivity contribution in [2.75, 3.05) is 18.1 Å². The normalized spacial score (nSPS) is 11.3. The minimum atomic E-state index is -3.57. The maximum absolute atomic E-state index is 12.2. The van der Waals surface area contributed by atoms with Crippen LogP contribution < -0.4 is 5.32 Å². The van der Waals surface area contributed by atoms with Gasteiger partial charge in [-0.15, -0.1) is 0 Å². The van der Waals surface area contributed by atoms with Gasteiger partial charge < -0.3 is 5.32 Å². The molecule has 2 rings (SSSR count). The minimum absolute atomic E-state index is 0.0589. The van der Waals surface area contributed by atoms with Crippen molar-refractivity contribution in [1.82, 2.24) is 9.29 Å². The first kappa shape index (κ1) is 18.8. The van der Waals surface area contributed by atoms with Crippen molar-refractivity contribution in [3.8, 4) is 0 Å². The highest BCUT2D eigenvalue weighted by atomic mass is 32.2. The van der Waals surface area contributed by atoms with Crippen LogP contribution in [0.5, 0.6) is 0 Å². The van der Waals surface area contributed by atoms with E-state index >= 15 is 0 Å². The number of rotatable bonds is 7. The number of nitrogens with one attached hydrogen (secondary N) is 1. The van der Waals surface area contributed by atoms with Gasteiger partial charge in [-0.1, -0.05) is 6.07 Å². The topological polar surface area (TPSA) is 96.4 Å². The lowest BCUT2D eigenvalue weighted by Gasteiger charge is -2.19. The summed E-state index contributed by atoms with van der Waals surface area (Å²) in [5, 5.41) is 2.62. The summed E-state index contributed by atoms with van der Waals surface area (Å²) in [7, 11) is -3.57. The molecule has 132 valence electrons. The summed E-state index contributed by atoms with van der Waals surface area (Å²) in [6.45, 7) is 1.20. The number of hydrogen-bond donors (Lipinski definition) is 1. The molecule has 2 aromatic rings. The number of pyridine rings is 1. The van der Waals surface area contributed by atoms with E-state index in [1.54, 1.807) is 48.8 Å². The second kappa shape index (κ2) is 8.00. The van der Waals surface area contributed by atoms with E-state index in [1.807, 2.05) is 0 Å². The van der Waals surface area contributed by atoms with Crippen LogP contribution in [0.25, 0.3) is 0 Å². The third-order valence-corrected chi connectivity index (χ3v) is 4.64. The number of nitrogens with zero attached hydrogens (tertiary/aromatic N) is 2. The largest absolute Gasteiger partial charge is 0.325 e. The van der Waals surface area contributed by atoms with Crippen LogP contribution in [0, 0.1) is 0 Å². The molecule has 25 heavy (non-hydrogen) atoms. The average molecular weight is 361 g/mol. The van der Waals surface area contributed by atoms with Gasteiger partial charge in [0.05, 0.1) is 12.8 Å². The fourth-order valence-corrected chi connectivity index (χ4v) is 2.87. The van der Waals surface area contributed by atoms with Gasteiger partial charge in [0.2, 0.25) is 15.9 Å². The SMILES string of the molecule is CC(=O)c1ccc(NC(=O)CN(Cc2cccnc2)S(C)(=O)=O)cc1. The predicted molar refractivity (Wildman–Crippen MR) is 94.6 cm³/mol. The number of benzene rings is 1. The Morgan fingerprint density at radius 3 is 2.36 bits per heavy atom. The molecule has 0 radical (unpaired) electrons. The van der Waals surface area contributed by atoms with Gasteiger partial charge in [0.1, 0.15) is 0 Å². The van der Waals surface area contributed by atoms with Crippen molar-refractivity contribution in [2.24, 2.45) is 0 Å². The molecule has 1 N–H and O–H groups in total. The third kappa shape index (κ3) is 5.77. The van der Waals surface area contributed by atoms with Crippen LogP contribution in [0.2, 0.25) is 0 Å². The molecular formula is C17H19N3O4S. The third-order valence-electron chi connectivity index (χ3n) is 3.45. The Hall–Kier alpha value is -2.58. The Morgan fingerprint density at radius 2 is 1.84 bits per heavy atom. The van der Waals surface area contributed by atoms with E-state index in [1.165, 1.54) is 6.92 Å². The van der Waals surface area contributed by atoms with Gasteiger partial charge in [-0.05, 0) is 42.8 Å². The lowest BCUT2D eigenvalue weighted by molar-refractivity contribution is -0.116. The fraction of sp³-hybridized carbons (Fsp3) is 0.235. The van der Waals surface area contributed by atoms with Gasteiger partial charge in [-0.2, -0.15) is 4.31 Å². The number of sulfonamides is 1. The quantitative estimate of drug-likeness (QED) is 0.757. The number of carbonyl (C=O) groups excluding carboxylic acids is 2. The highest BCUT2D eigenvalue weighted by Crippen LogP contribution is 2.11. The van der Waals surface area contributed by atoms with Crippen LogP contribution in [0.15, 0.2) is 48.8 Å². The summed E-state index contributed by atoms with van der Waals surface area (Å²) in [4.78, 5) is 27.4. The van der Waals surface area contributed by atoms with Crippen LogP contribution >= 0.6 is 0 Å². The summed E-state index contributed by atoms with van der Waals surface area (Å²) in [6.07, 6.45) is 4.20. The van der Waals surface area contributed by atoms with Gasteiger partial charge in [0.15, 0.2) is 5.78 Å². The Kier molecular flexibility index (Phi) is 6.00. The monoisotopic (exact) mass is 361 g/mol. The van der Waals surface area contributed by atoms with Gasteiger partial charge >= 0.3 is 0 Å². The van der Waals surface area contributed by atoms with E-state index in [0.717, 1.165) is 10.6 Å². The number of ketones is 1. The summed E-state index contributed by atoms with van der Waals surface area (Å²) in [5.74, 6) is -0.539. The molecule has 1 aromatic carbocycles. The molecule has 1 aromatic heterocycles. The minimum Gasteiger partial charge on any atom is -0.325 e. The van der Waals surface area contributed by atoms with Crippen LogP contribution in [-0.4, -0.2) is 42.2 Å². The zero-order chi connectivity index (χ0) is 18.4. The molecule has 0 saturated heterocycles. The molecule has 1 amide bonds. The molecule has 8 heteroatoms. The summed E-state index contributed by atoms with van der Waals surface area (Å²) < 4.78 is 24.9. The first-order valence-electron chi connectivity index (χ1n) is 7.50. The zero-order valence-corrected chi connectivity index (χ0v) is 14.8. The highest BCUT2D eigenvalue weighted by molar-refractivity contribution is 7.88. The van der Waals surface area contributed by atoms with Gasteiger partial charge in [-0.25, -0.2) is 8.42 Å². The van der Waals surface area contributed by atoms with Crippen LogP contribution in [0.1, 0.15) is 22.8 Å². The Balaban J connectivity index is 2.05. The molecule has 1 heterocycles. The van der Waals surface area contributed by atoms with E-state index < -0.39 is 15.9 Å². The van der Waals surface area contributed by atoms with E-state index in [9.17, 15) is 18.0 Å². The molecule has 0 atom stereocenters. The first-order chi connectivity index (χ1) is 11.8. The van der Waals surface area contributed by atoms with Crippen molar-refractivity contribution in [3.63, 3.8) is 0 Å². The number of Topliss-reactive ketones (excluding diaryl/α,β-unsaturated/α-hetero) is 1. The number of carbonyl (C=O) groups is 2. The smallest absolute Gasteiger partial charge is 0.239 e. The molecule has 0 unspecified atom stereocenters. The molecule has 0 aliphatic carbocycles. The fourth-order valence-electron chi connectivity index (χ4n) is 2.13. The summed E-state index contributed by atoms with van der Waals surface area (Å²) in [5.41, 5.74) is 1.71. The van der Waals surface area contributed by atoms with Crippen LogP contribution in [0.4, 0.5) is 5.69 Å². The number of amides is 1. The second-order valence-electron chi connectivity index (χ2n) is 5.57. The average Bonchev–Trinajstić information content (AvgIpc) is 2.55.